The van der Waals surface area contributed by atoms with Gasteiger partial charge in [-0.05, 0) is 31.7 Å². The summed E-state index contributed by atoms with van der Waals surface area (Å²) < 4.78 is 0. The van der Waals surface area contributed by atoms with Crippen LogP contribution in [0.25, 0.3) is 0 Å². The molecule has 1 aliphatic rings. The molecule has 0 saturated carbocycles. The van der Waals surface area contributed by atoms with Crippen molar-refractivity contribution in [1.29, 1.82) is 0 Å². The van der Waals surface area contributed by atoms with E-state index in [1.807, 2.05) is 0 Å². The first-order valence-corrected chi connectivity index (χ1v) is 7.68. The van der Waals surface area contributed by atoms with Crippen LogP contribution in [0.1, 0.15) is 29.8 Å². The second-order valence-electron chi connectivity index (χ2n) is 5.92. The summed E-state index contributed by atoms with van der Waals surface area (Å²) in [4.78, 5) is 6.79. The van der Waals surface area contributed by atoms with Gasteiger partial charge in [0.15, 0.2) is 0 Å². The molecule has 1 unspecified atom stereocenters. The Hall–Kier alpha value is -1.88. The summed E-state index contributed by atoms with van der Waals surface area (Å²) in [5.74, 6) is 1.75. The van der Waals surface area contributed by atoms with Crippen LogP contribution in [0.15, 0.2) is 24.3 Å². The Morgan fingerprint density at radius 2 is 2.29 bits per heavy atom. The number of hydrogen-bond acceptors (Lipinski definition) is 4. The van der Waals surface area contributed by atoms with Crippen LogP contribution in [0.3, 0.4) is 0 Å². The maximum absolute atomic E-state index is 6.01. The maximum atomic E-state index is 6.01. The van der Waals surface area contributed by atoms with E-state index in [4.69, 9.17) is 5.73 Å². The highest BCUT2D eigenvalue weighted by Gasteiger charge is 2.19. The zero-order chi connectivity index (χ0) is 14.7. The molecule has 0 radical (unpaired) electrons. The third-order valence-corrected chi connectivity index (χ3v) is 3.99. The smallest absolute Gasteiger partial charge is 0.244 e. The van der Waals surface area contributed by atoms with Crippen LogP contribution in [0.2, 0.25) is 0 Å². The SMILES string of the molecule is Cc1cccc(CCc2nc(N3CCCC(N)C3)n[nH]2)c1. The quantitative estimate of drug-likeness (QED) is 0.899. The molecule has 5 nitrogen and oxygen atoms in total. The number of aromatic nitrogens is 3. The van der Waals surface area contributed by atoms with Gasteiger partial charge >= 0.3 is 0 Å². The maximum Gasteiger partial charge on any atom is 0.244 e. The van der Waals surface area contributed by atoms with Gasteiger partial charge in [-0.3, -0.25) is 5.10 Å². The Kier molecular flexibility index (Phi) is 4.20. The summed E-state index contributed by atoms with van der Waals surface area (Å²) in [6, 6.07) is 8.85. The van der Waals surface area contributed by atoms with E-state index in [0.29, 0.717) is 0 Å². The van der Waals surface area contributed by atoms with Crippen molar-refractivity contribution in [3.8, 4) is 0 Å². The third kappa shape index (κ3) is 3.61. The summed E-state index contributed by atoms with van der Waals surface area (Å²) in [7, 11) is 0. The normalized spacial score (nSPS) is 19.0. The van der Waals surface area contributed by atoms with E-state index in [1.54, 1.807) is 0 Å². The van der Waals surface area contributed by atoms with Crippen LogP contribution < -0.4 is 10.6 Å². The third-order valence-electron chi connectivity index (χ3n) is 3.99. The highest BCUT2D eigenvalue weighted by atomic mass is 15.4. The van der Waals surface area contributed by atoms with Crippen LogP contribution in [0, 0.1) is 6.92 Å². The van der Waals surface area contributed by atoms with E-state index in [0.717, 1.165) is 50.5 Å². The Morgan fingerprint density at radius 3 is 3.10 bits per heavy atom. The van der Waals surface area contributed by atoms with Gasteiger partial charge in [-0.2, -0.15) is 4.98 Å². The monoisotopic (exact) mass is 285 g/mol. The van der Waals surface area contributed by atoms with Gasteiger partial charge in [0.1, 0.15) is 5.82 Å². The van der Waals surface area contributed by atoms with Gasteiger partial charge in [0.05, 0.1) is 0 Å². The molecule has 0 spiro atoms. The lowest BCUT2D eigenvalue weighted by atomic mass is 10.1. The Morgan fingerprint density at radius 1 is 1.38 bits per heavy atom. The summed E-state index contributed by atoms with van der Waals surface area (Å²) >= 11 is 0. The lowest BCUT2D eigenvalue weighted by Gasteiger charge is -2.29. The highest BCUT2D eigenvalue weighted by molar-refractivity contribution is 5.30. The number of rotatable bonds is 4. The van der Waals surface area contributed by atoms with Crippen molar-refractivity contribution in [1.82, 2.24) is 15.2 Å². The lowest BCUT2D eigenvalue weighted by Crippen LogP contribution is -2.43. The number of benzene rings is 1. The first-order valence-electron chi connectivity index (χ1n) is 7.68. The first kappa shape index (κ1) is 14.1. The summed E-state index contributed by atoms with van der Waals surface area (Å²) in [6.07, 6.45) is 4.08. The predicted molar refractivity (Wildman–Crippen MR) is 84.4 cm³/mol. The molecule has 1 aliphatic heterocycles. The second-order valence-corrected chi connectivity index (χ2v) is 5.92. The van der Waals surface area contributed by atoms with Gasteiger partial charge in [0.25, 0.3) is 0 Å². The fourth-order valence-electron chi connectivity index (χ4n) is 2.86. The predicted octanol–water partition coefficient (Wildman–Crippen LogP) is 1.83. The van der Waals surface area contributed by atoms with Gasteiger partial charge in [-0.25, -0.2) is 0 Å². The second kappa shape index (κ2) is 6.26. The van der Waals surface area contributed by atoms with Crippen molar-refractivity contribution < 1.29 is 0 Å². The van der Waals surface area contributed by atoms with E-state index in [-0.39, 0.29) is 6.04 Å². The minimum absolute atomic E-state index is 0.244. The van der Waals surface area contributed by atoms with E-state index >= 15 is 0 Å². The van der Waals surface area contributed by atoms with Gasteiger partial charge in [0.2, 0.25) is 5.95 Å². The fraction of sp³-hybridized carbons (Fsp3) is 0.500. The van der Waals surface area contributed by atoms with E-state index in [2.05, 4.69) is 51.3 Å². The van der Waals surface area contributed by atoms with E-state index in [1.165, 1.54) is 11.1 Å². The van der Waals surface area contributed by atoms with Crippen molar-refractivity contribution >= 4 is 5.95 Å². The summed E-state index contributed by atoms with van der Waals surface area (Å²) in [5, 5.41) is 7.40. The van der Waals surface area contributed by atoms with Gasteiger partial charge in [-0.15, -0.1) is 5.10 Å². The molecule has 2 heterocycles. The number of H-pyrrole nitrogens is 1. The van der Waals surface area contributed by atoms with Crippen LogP contribution in [0.5, 0.6) is 0 Å². The van der Waals surface area contributed by atoms with Crippen LogP contribution >= 0.6 is 0 Å². The zero-order valence-electron chi connectivity index (χ0n) is 12.5. The molecule has 0 bridgehead atoms. The Labute approximate surface area is 125 Å². The lowest BCUT2D eigenvalue weighted by molar-refractivity contribution is 0.500. The topological polar surface area (TPSA) is 70.8 Å². The van der Waals surface area contributed by atoms with Crippen molar-refractivity contribution in [2.45, 2.75) is 38.6 Å². The molecule has 5 heteroatoms. The molecule has 2 aromatic rings. The molecular weight excluding hydrogens is 262 g/mol. The molecule has 1 aromatic carbocycles. The largest absolute Gasteiger partial charge is 0.338 e. The average Bonchev–Trinajstić information content (AvgIpc) is 2.94. The number of anilines is 1. The van der Waals surface area contributed by atoms with Crippen LogP contribution in [-0.2, 0) is 12.8 Å². The molecule has 0 amide bonds. The van der Waals surface area contributed by atoms with Gasteiger partial charge in [0, 0.05) is 25.6 Å². The summed E-state index contributed by atoms with van der Waals surface area (Å²) in [6.45, 7) is 3.98. The number of aryl methyl sites for hydroxylation is 3. The summed E-state index contributed by atoms with van der Waals surface area (Å²) in [5.41, 5.74) is 8.65. The number of piperidine rings is 1. The van der Waals surface area contributed by atoms with Gasteiger partial charge in [-0.1, -0.05) is 29.8 Å². The standard InChI is InChI=1S/C16H23N5/c1-12-4-2-5-13(10-12)7-8-15-18-16(20-19-15)21-9-3-6-14(17)11-21/h2,4-5,10,14H,3,6-9,11,17H2,1H3,(H,18,19,20). The van der Waals surface area contributed by atoms with Crippen molar-refractivity contribution in [3.05, 3.63) is 41.2 Å². The minimum atomic E-state index is 0.244. The molecule has 1 aromatic heterocycles. The molecule has 1 saturated heterocycles. The van der Waals surface area contributed by atoms with E-state index in [9.17, 15) is 0 Å². The number of nitrogens with zero attached hydrogens (tertiary/aromatic N) is 3. The van der Waals surface area contributed by atoms with E-state index < -0.39 is 0 Å². The van der Waals surface area contributed by atoms with Crippen molar-refractivity contribution in [3.63, 3.8) is 0 Å². The van der Waals surface area contributed by atoms with Crippen molar-refractivity contribution in [2.24, 2.45) is 5.73 Å². The minimum Gasteiger partial charge on any atom is -0.338 e. The molecule has 112 valence electrons. The number of hydrogen-bond donors (Lipinski definition) is 2. The number of nitrogens with one attached hydrogen (secondary N) is 1. The highest BCUT2D eigenvalue weighted by Crippen LogP contribution is 2.15. The molecule has 1 fully saturated rings. The zero-order valence-corrected chi connectivity index (χ0v) is 12.5. The molecule has 1 atom stereocenters. The van der Waals surface area contributed by atoms with Crippen LogP contribution in [-0.4, -0.2) is 34.3 Å². The number of nitrogens with two attached hydrogens (primary N) is 1. The number of aromatic amines is 1. The molecule has 3 rings (SSSR count). The molecular formula is C16H23N5. The van der Waals surface area contributed by atoms with Gasteiger partial charge < -0.3 is 10.6 Å². The van der Waals surface area contributed by atoms with Crippen LogP contribution in [0.4, 0.5) is 5.95 Å². The Balaban J connectivity index is 1.60. The van der Waals surface area contributed by atoms with Crippen molar-refractivity contribution in [2.75, 3.05) is 18.0 Å². The Bertz CT molecular complexity index is 592. The molecule has 3 N–H and O–H groups in total. The average molecular weight is 285 g/mol. The fourth-order valence-corrected chi connectivity index (χ4v) is 2.86. The first-order chi connectivity index (χ1) is 10.2. The molecule has 21 heavy (non-hydrogen) atoms. The molecule has 0 aliphatic carbocycles.